The maximum atomic E-state index is 6.47. The Labute approximate surface area is 271 Å². The van der Waals surface area contributed by atoms with Gasteiger partial charge in [-0.2, -0.15) is 0 Å². The predicted molar refractivity (Wildman–Crippen MR) is 192 cm³/mol. The summed E-state index contributed by atoms with van der Waals surface area (Å²) in [6.45, 7) is 0. The van der Waals surface area contributed by atoms with E-state index >= 15 is 0 Å². The highest BCUT2D eigenvalue weighted by Gasteiger charge is 2.18. The molecule has 3 aromatic heterocycles. The van der Waals surface area contributed by atoms with Crippen LogP contribution < -0.4 is 0 Å². The van der Waals surface area contributed by atoms with Crippen LogP contribution in [-0.2, 0) is 0 Å². The summed E-state index contributed by atoms with van der Waals surface area (Å²) in [7, 11) is 0. The van der Waals surface area contributed by atoms with Crippen molar-refractivity contribution in [3.8, 4) is 56.3 Å². The van der Waals surface area contributed by atoms with Crippen LogP contribution in [0.1, 0.15) is 0 Å². The minimum absolute atomic E-state index is 0.706. The fraction of sp³-hybridized carbons (Fsp3) is 0. The third-order valence-electron chi connectivity index (χ3n) is 8.70. The molecule has 47 heavy (non-hydrogen) atoms. The Morgan fingerprint density at radius 2 is 0.936 bits per heavy atom. The van der Waals surface area contributed by atoms with Crippen LogP contribution in [0.5, 0.6) is 0 Å². The molecule has 9 aromatic rings. The summed E-state index contributed by atoms with van der Waals surface area (Å²) in [6.07, 6.45) is 0. The minimum atomic E-state index is 0.706. The van der Waals surface area contributed by atoms with Crippen molar-refractivity contribution in [2.45, 2.75) is 0 Å². The average molecular weight is 602 g/mol. The summed E-state index contributed by atoms with van der Waals surface area (Å²) in [5.74, 6) is 0.706. The van der Waals surface area contributed by atoms with Gasteiger partial charge in [-0.1, -0.05) is 140 Å². The molecule has 4 heteroatoms. The lowest BCUT2D eigenvalue weighted by atomic mass is 9.98. The minimum Gasteiger partial charge on any atom is -0.455 e. The number of para-hydroxylation sites is 1. The number of rotatable bonds is 5. The molecule has 9 rings (SSSR count). The predicted octanol–water partition coefficient (Wildman–Crippen LogP) is 11.3. The Kier molecular flexibility index (Phi) is 6.43. The number of pyridine rings is 1. The van der Waals surface area contributed by atoms with Crippen molar-refractivity contribution >= 4 is 32.8 Å². The fourth-order valence-corrected chi connectivity index (χ4v) is 6.35. The van der Waals surface area contributed by atoms with Gasteiger partial charge < -0.3 is 4.42 Å². The van der Waals surface area contributed by atoms with E-state index in [1.54, 1.807) is 0 Å². The van der Waals surface area contributed by atoms with Crippen LogP contribution in [0.2, 0.25) is 0 Å². The van der Waals surface area contributed by atoms with Gasteiger partial charge in [0.2, 0.25) is 0 Å². The number of aromatic nitrogens is 3. The number of fused-ring (bicyclic) bond motifs is 5. The van der Waals surface area contributed by atoms with Gasteiger partial charge in [-0.25, -0.2) is 15.0 Å². The largest absolute Gasteiger partial charge is 0.455 e. The first kappa shape index (κ1) is 27.0. The van der Waals surface area contributed by atoms with Gasteiger partial charge in [0, 0.05) is 33.0 Å². The van der Waals surface area contributed by atoms with Crippen molar-refractivity contribution in [1.82, 2.24) is 15.0 Å². The quantitative estimate of drug-likeness (QED) is 0.197. The van der Waals surface area contributed by atoms with E-state index in [1.165, 1.54) is 0 Å². The summed E-state index contributed by atoms with van der Waals surface area (Å²) in [6, 6.07) is 56.0. The molecule has 0 aliphatic carbocycles. The normalized spacial score (nSPS) is 11.4. The van der Waals surface area contributed by atoms with Gasteiger partial charge in [0.15, 0.2) is 5.82 Å². The molecule has 3 heterocycles. The van der Waals surface area contributed by atoms with Crippen molar-refractivity contribution in [1.29, 1.82) is 0 Å². The summed E-state index contributed by atoms with van der Waals surface area (Å²) in [5, 5.41) is 3.12. The highest BCUT2D eigenvalue weighted by atomic mass is 16.3. The molecule has 0 saturated carbocycles. The van der Waals surface area contributed by atoms with E-state index in [9.17, 15) is 0 Å². The number of furan rings is 1. The third kappa shape index (κ3) is 4.84. The first-order valence-corrected chi connectivity index (χ1v) is 15.7. The Balaban J connectivity index is 1.15. The van der Waals surface area contributed by atoms with E-state index in [-0.39, 0.29) is 0 Å². The second-order valence-corrected chi connectivity index (χ2v) is 11.6. The molecule has 6 aromatic carbocycles. The van der Waals surface area contributed by atoms with Crippen molar-refractivity contribution in [2.75, 3.05) is 0 Å². The zero-order valence-electron chi connectivity index (χ0n) is 25.3. The van der Waals surface area contributed by atoms with E-state index in [0.717, 1.165) is 83.3 Å². The Morgan fingerprint density at radius 3 is 1.64 bits per heavy atom. The molecule has 0 amide bonds. The van der Waals surface area contributed by atoms with Gasteiger partial charge in [-0.05, 0) is 35.4 Å². The van der Waals surface area contributed by atoms with Gasteiger partial charge in [0.05, 0.1) is 28.0 Å². The van der Waals surface area contributed by atoms with Crippen LogP contribution in [0.25, 0.3) is 89.1 Å². The maximum absolute atomic E-state index is 6.47. The van der Waals surface area contributed by atoms with E-state index in [0.29, 0.717) is 5.82 Å². The van der Waals surface area contributed by atoms with Crippen LogP contribution in [-0.4, -0.2) is 15.0 Å². The smallest absolute Gasteiger partial charge is 0.160 e. The topological polar surface area (TPSA) is 51.8 Å². The molecule has 0 aliphatic heterocycles. The second-order valence-electron chi connectivity index (χ2n) is 11.6. The molecule has 0 fully saturated rings. The monoisotopic (exact) mass is 601 g/mol. The molecular weight excluding hydrogens is 574 g/mol. The Morgan fingerprint density at radius 1 is 0.383 bits per heavy atom. The van der Waals surface area contributed by atoms with Gasteiger partial charge >= 0.3 is 0 Å². The lowest BCUT2D eigenvalue weighted by Crippen LogP contribution is -1.95. The summed E-state index contributed by atoms with van der Waals surface area (Å²) in [4.78, 5) is 15.2. The van der Waals surface area contributed by atoms with Crippen LogP contribution in [0.4, 0.5) is 0 Å². The van der Waals surface area contributed by atoms with Crippen LogP contribution >= 0.6 is 0 Å². The van der Waals surface area contributed by atoms with E-state index < -0.39 is 0 Å². The molecule has 0 aliphatic rings. The Bertz CT molecular complexity index is 2480. The molecule has 0 atom stereocenters. The van der Waals surface area contributed by atoms with Gasteiger partial charge in [0.1, 0.15) is 11.2 Å². The van der Waals surface area contributed by atoms with Gasteiger partial charge in [-0.3, -0.25) is 0 Å². The van der Waals surface area contributed by atoms with Crippen molar-refractivity contribution in [2.24, 2.45) is 0 Å². The number of benzene rings is 6. The van der Waals surface area contributed by atoms with E-state index in [4.69, 9.17) is 19.4 Å². The zero-order chi connectivity index (χ0) is 31.2. The van der Waals surface area contributed by atoms with Crippen LogP contribution in [0, 0.1) is 0 Å². The molecule has 220 valence electrons. The standard InChI is InChI=1S/C43H27N3O/c1-4-12-29(13-5-1)36-27-37(46-43(45-36)32-16-8-3-9-17-32)30-22-20-28(21-23-30)33-24-25-34-38(26-33)44-41(31-14-6-2-7-15-31)40-35-18-10-11-19-39(35)47-42(34)40/h1-27H. The van der Waals surface area contributed by atoms with Crippen molar-refractivity contribution in [3.63, 3.8) is 0 Å². The van der Waals surface area contributed by atoms with Crippen molar-refractivity contribution < 1.29 is 4.42 Å². The van der Waals surface area contributed by atoms with Gasteiger partial charge in [0.25, 0.3) is 0 Å². The Hall–Kier alpha value is -6.39. The van der Waals surface area contributed by atoms with E-state index in [2.05, 4.69) is 97.1 Å². The molecular formula is C43H27N3O. The molecule has 0 saturated heterocycles. The SMILES string of the molecule is c1ccc(-c2cc(-c3ccc(-c4ccc5c(c4)nc(-c4ccccc4)c4c6ccccc6oc54)cc3)nc(-c3ccccc3)n2)cc1. The van der Waals surface area contributed by atoms with E-state index in [1.807, 2.05) is 66.7 Å². The lowest BCUT2D eigenvalue weighted by Gasteiger charge is -2.11. The fourth-order valence-electron chi connectivity index (χ4n) is 6.35. The van der Waals surface area contributed by atoms with Crippen molar-refractivity contribution in [3.05, 3.63) is 164 Å². The molecule has 0 N–H and O–H groups in total. The summed E-state index contributed by atoms with van der Waals surface area (Å²) in [5.41, 5.74) is 11.7. The first-order valence-electron chi connectivity index (χ1n) is 15.7. The average Bonchev–Trinajstić information content (AvgIpc) is 3.55. The van der Waals surface area contributed by atoms with Crippen LogP contribution in [0.15, 0.2) is 168 Å². The number of hydrogen-bond acceptors (Lipinski definition) is 4. The third-order valence-corrected chi connectivity index (χ3v) is 8.70. The van der Waals surface area contributed by atoms with Crippen LogP contribution in [0.3, 0.4) is 0 Å². The summed E-state index contributed by atoms with van der Waals surface area (Å²) < 4.78 is 6.47. The molecule has 0 unspecified atom stereocenters. The molecule has 0 spiro atoms. The van der Waals surface area contributed by atoms with Gasteiger partial charge in [-0.15, -0.1) is 0 Å². The highest BCUT2D eigenvalue weighted by Crippen LogP contribution is 2.40. The molecule has 4 nitrogen and oxygen atoms in total. The zero-order valence-corrected chi connectivity index (χ0v) is 25.3. The highest BCUT2D eigenvalue weighted by molar-refractivity contribution is 6.19. The lowest BCUT2D eigenvalue weighted by molar-refractivity contribution is 0.672. The second kappa shape index (κ2) is 11.2. The summed E-state index contributed by atoms with van der Waals surface area (Å²) >= 11 is 0. The first-order chi connectivity index (χ1) is 23.3. The molecule has 0 bridgehead atoms. The number of nitrogens with zero attached hydrogens (tertiary/aromatic N) is 3. The number of hydrogen-bond donors (Lipinski definition) is 0. The maximum Gasteiger partial charge on any atom is 0.160 e. The molecule has 0 radical (unpaired) electrons.